The van der Waals surface area contributed by atoms with Crippen LogP contribution in [0.5, 0.6) is 0 Å². The third-order valence-corrected chi connectivity index (χ3v) is 6.58. The molecule has 0 unspecified atom stereocenters. The van der Waals surface area contributed by atoms with Crippen LogP contribution in [-0.2, 0) is 13.7 Å². The quantitative estimate of drug-likeness (QED) is 0.423. The summed E-state index contributed by atoms with van der Waals surface area (Å²) in [4.78, 5) is 21.7. The lowest BCUT2D eigenvalue weighted by Gasteiger charge is -2.33. The van der Waals surface area contributed by atoms with Crippen LogP contribution in [0.2, 0.25) is 0 Å². The van der Waals surface area contributed by atoms with Crippen molar-refractivity contribution in [1.29, 1.82) is 0 Å². The van der Waals surface area contributed by atoms with Crippen LogP contribution < -0.4 is 5.32 Å². The Morgan fingerprint density at radius 1 is 1.26 bits per heavy atom. The monoisotopic (exact) mass is 357 g/mol. The Labute approximate surface area is 141 Å². The van der Waals surface area contributed by atoms with Crippen LogP contribution in [-0.4, -0.2) is 33.7 Å². The molecule has 124 valence electrons. The highest BCUT2D eigenvalue weighted by molar-refractivity contribution is 8.18. The summed E-state index contributed by atoms with van der Waals surface area (Å²) in [6.07, 6.45) is 1.97. The summed E-state index contributed by atoms with van der Waals surface area (Å²) < 4.78 is 13.8. The van der Waals surface area contributed by atoms with Crippen LogP contribution >= 0.6 is 23.5 Å². The highest BCUT2D eigenvalue weighted by Crippen LogP contribution is 2.50. The van der Waals surface area contributed by atoms with E-state index in [1.165, 1.54) is 12.1 Å². The smallest absolute Gasteiger partial charge is 0.344 e. The largest absolute Gasteiger partial charge is 0.477 e. The van der Waals surface area contributed by atoms with E-state index in [9.17, 15) is 14.0 Å². The molecule has 0 aromatic heterocycles. The van der Waals surface area contributed by atoms with E-state index in [2.05, 4.69) is 5.32 Å². The van der Waals surface area contributed by atoms with Crippen LogP contribution in [0, 0.1) is 5.82 Å². The van der Waals surface area contributed by atoms with Crippen molar-refractivity contribution in [3.05, 3.63) is 41.4 Å². The van der Waals surface area contributed by atoms with Crippen molar-refractivity contribution in [3.63, 3.8) is 0 Å². The van der Waals surface area contributed by atoms with Gasteiger partial charge in [0.15, 0.2) is 5.57 Å². The van der Waals surface area contributed by atoms with E-state index >= 15 is 0 Å². The van der Waals surface area contributed by atoms with Gasteiger partial charge in [-0.3, -0.25) is 0 Å². The molecular formula is C15H16FNO4S2. The molecule has 0 spiro atoms. The first-order valence-electron chi connectivity index (χ1n) is 6.85. The van der Waals surface area contributed by atoms with E-state index in [0.29, 0.717) is 11.3 Å². The summed E-state index contributed by atoms with van der Waals surface area (Å²) in [6, 6.07) is 4.34. The number of carbonyl (C=O) groups is 2. The van der Waals surface area contributed by atoms with Crippen LogP contribution in [0.15, 0.2) is 30.0 Å². The highest BCUT2D eigenvalue weighted by Gasteiger charge is 2.33. The molecule has 0 amide bonds. The number of halogens is 1. The lowest BCUT2D eigenvalue weighted by atomic mass is 10.1. The molecule has 0 aliphatic carbocycles. The molecule has 1 heterocycles. The molecule has 23 heavy (non-hydrogen) atoms. The van der Waals surface area contributed by atoms with Gasteiger partial charge in [-0.05, 0) is 43.0 Å². The van der Waals surface area contributed by atoms with Crippen molar-refractivity contribution < 1.29 is 24.2 Å². The van der Waals surface area contributed by atoms with E-state index in [1.807, 2.05) is 6.92 Å². The van der Waals surface area contributed by atoms with Gasteiger partial charge in [-0.25, -0.2) is 14.0 Å². The number of nitrogens with one attached hydrogen (secondary N) is 1. The van der Waals surface area contributed by atoms with Crippen molar-refractivity contribution >= 4 is 41.1 Å². The van der Waals surface area contributed by atoms with Crippen LogP contribution in [0.3, 0.4) is 0 Å². The third-order valence-electron chi connectivity index (χ3n) is 3.34. The normalized spacial score (nSPS) is 16.4. The SMILES string of the molecule is CC1(c2cc(NC=C(C(=O)O)C(=O)O)ccc2F)SCCCS1. The number of aliphatic carboxylic acids is 2. The van der Waals surface area contributed by atoms with Crippen molar-refractivity contribution in [1.82, 2.24) is 0 Å². The van der Waals surface area contributed by atoms with Gasteiger partial charge in [0.25, 0.3) is 0 Å². The second kappa shape index (κ2) is 7.27. The zero-order valence-corrected chi connectivity index (χ0v) is 14.0. The van der Waals surface area contributed by atoms with Gasteiger partial charge in [-0.2, -0.15) is 0 Å². The number of rotatable bonds is 5. The summed E-state index contributed by atoms with van der Waals surface area (Å²) in [6.45, 7) is 1.96. The lowest BCUT2D eigenvalue weighted by Crippen LogP contribution is -2.20. The predicted molar refractivity (Wildman–Crippen MR) is 90.3 cm³/mol. The maximum Gasteiger partial charge on any atom is 0.344 e. The number of hydrogen-bond acceptors (Lipinski definition) is 5. The molecule has 2 rings (SSSR count). The molecule has 3 N–H and O–H groups in total. The molecule has 1 aliphatic heterocycles. The van der Waals surface area contributed by atoms with Gasteiger partial charge < -0.3 is 15.5 Å². The summed E-state index contributed by atoms with van der Waals surface area (Å²) in [5.41, 5.74) is 0.163. The summed E-state index contributed by atoms with van der Waals surface area (Å²) in [7, 11) is 0. The van der Waals surface area contributed by atoms with Crippen LogP contribution in [0.1, 0.15) is 18.9 Å². The fraction of sp³-hybridized carbons (Fsp3) is 0.333. The van der Waals surface area contributed by atoms with Gasteiger partial charge >= 0.3 is 11.9 Å². The first-order chi connectivity index (χ1) is 10.8. The topological polar surface area (TPSA) is 86.6 Å². The van der Waals surface area contributed by atoms with Gasteiger partial charge in [0.1, 0.15) is 5.82 Å². The molecular weight excluding hydrogens is 341 g/mol. The molecule has 5 nitrogen and oxygen atoms in total. The highest BCUT2D eigenvalue weighted by atomic mass is 32.2. The second-order valence-corrected chi connectivity index (χ2v) is 8.29. The Hall–Kier alpha value is -1.67. The average Bonchev–Trinajstić information content (AvgIpc) is 2.49. The third kappa shape index (κ3) is 4.20. The first-order valence-corrected chi connectivity index (χ1v) is 8.82. The molecule has 0 bridgehead atoms. The van der Waals surface area contributed by atoms with Gasteiger partial charge in [0.2, 0.25) is 0 Å². The van der Waals surface area contributed by atoms with E-state index in [0.717, 1.165) is 24.1 Å². The van der Waals surface area contributed by atoms with Crippen LogP contribution in [0.25, 0.3) is 0 Å². The molecule has 1 aliphatic rings. The summed E-state index contributed by atoms with van der Waals surface area (Å²) in [5, 5.41) is 20.2. The Balaban J connectivity index is 2.28. The van der Waals surface area contributed by atoms with E-state index in [4.69, 9.17) is 10.2 Å². The molecule has 1 fully saturated rings. The molecule has 1 aromatic rings. The molecule has 1 saturated heterocycles. The number of hydrogen-bond donors (Lipinski definition) is 3. The maximum absolute atomic E-state index is 14.2. The standard InChI is InChI=1S/C15H16FNO4S2/c1-15(22-5-2-6-23-15)11-7-9(3-4-12(11)16)17-8-10(13(18)19)14(20)21/h3-4,7-8,17H,2,5-6H2,1H3,(H,18,19)(H,20,21). The maximum atomic E-state index is 14.2. The molecule has 0 atom stereocenters. The second-order valence-electron chi connectivity index (χ2n) is 5.00. The van der Waals surface area contributed by atoms with Gasteiger partial charge in [-0.15, -0.1) is 23.5 Å². The lowest BCUT2D eigenvalue weighted by molar-refractivity contribution is -0.140. The zero-order chi connectivity index (χ0) is 17.0. The fourth-order valence-electron chi connectivity index (χ4n) is 2.12. The summed E-state index contributed by atoms with van der Waals surface area (Å²) in [5.74, 6) is -1.53. The molecule has 8 heteroatoms. The Morgan fingerprint density at radius 2 is 1.87 bits per heavy atom. The number of anilines is 1. The first kappa shape index (κ1) is 17.7. The van der Waals surface area contributed by atoms with Gasteiger partial charge in [0, 0.05) is 17.5 Å². The minimum absolute atomic E-state index is 0.333. The summed E-state index contributed by atoms with van der Waals surface area (Å²) >= 11 is 3.33. The van der Waals surface area contributed by atoms with E-state index < -0.39 is 21.6 Å². The Bertz CT molecular complexity index is 641. The number of benzene rings is 1. The van der Waals surface area contributed by atoms with E-state index in [-0.39, 0.29) is 5.82 Å². The van der Waals surface area contributed by atoms with Gasteiger partial charge in [0.05, 0.1) is 4.08 Å². The predicted octanol–water partition coefficient (Wildman–Crippen LogP) is 3.33. The minimum Gasteiger partial charge on any atom is -0.477 e. The van der Waals surface area contributed by atoms with Crippen LogP contribution in [0.4, 0.5) is 10.1 Å². The van der Waals surface area contributed by atoms with Crippen molar-refractivity contribution in [2.24, 2.45) is 0 Å². The van der Waals surface area contributed by atoms with Crippen molar-refractivity contribution in [2.45, 2.75) is 17.4 Å². The molecule has 0 radical (unpaired) electrons. The molecule has 0 saturated carbocycles. The number of carboxylic acid groups (broad SMARTS) is 2. The Morgan fingerprint density at radius 3 is 2.43 bits per heavy atom. The number of thioether (sulfide) groups is 2. The average molecular weight is 357 g/mol. The van der Waals surface area contributed by atoms with E-state index in [1.54, 1.807) is 29.6 Å². The van der Waals surface area contributed by atoms with Gasteiger partial charge in [-0.1, -0.05) is 0 Å². The fourth-order valence-corrected chi connectivity index (χ4v) is 5.12. The Kier molecular flexibility index (Phi) is 5.59. The minimum atomic E-state index is -1.54. The zero-order valence-electron chi connectivity index (χ0n) is 12.3. The molecule has 1 aromatic carbocycles. The van der Waals surface area contributed by atoms with Crippen molar-refractivity contribution in [3.8, 4) is 0 Å². The van der Waals surface area contributed by atoms with Crippen molar-refractivity contribution in [2.75, 3.05) is 16.8 Å². The number of carboxylic acids is 2.